The first kappa shape index (κ1) is 15.2. The van der Waals surface area contributed by atoms with Crippen LogP contribution >= 0.6 is 11.8 Å². The first-order valence-electron chi connectivity index (χ1n) is 7.08. The Morgan fingerprint density at radius 1 is 1.15 bits per heavy atom. The summed E-state index contributed by atoms with van der Waals surface area (Å²) in [6.45, 7) is 10.6. The zero-order valence-corrected chi connectivity index (χ0v) is 13.5. The molecule has 1 aromatic heterocycles. The second-order valence-electron chi connectivity index (χ2n) is 5.57. The summed E-state index contributed by atoms with van der Waals surface area (Å²) in [6, 6.07) is 8.71. The molecule has 20 heavy (non-hydrogen) atoms. The Hall–Kier alpha value is -1.19. The lowest BCUT2D eigenvalue weighted by molar-refractivity contribution is 0.527. The Kier molecular flexibility index (Phi) is 5.32. The molecule has 0 atom stereocenters. The van der Waals surface area contributed by atoms with E-state index < -0.39 is 0 Å². The summed E-state index contributed by atoms with van der Waals surface area (Å²) in [4.78, 5) is 2.49. The van der Waals surface area contributed by atoms with Crippen molar-refractivity contribution in [1.29, 1.82) is 0 Å². The number of aryl methyl sites for hydroxylation is 2. The zero-order chi connectivity index (χ0) is 14.5. The Morgan fingerprint density at radius 2 is 1.95 bits per heavy atom. The smallest absolute Gasteiger partial charge is 0.114 e. The van der Waals surface area contributed by atoms with Crippen molar-refractivity contribution in [3.8, 4) is 0 Å². The van der Waals surface area contributed by atoms with Crippen LogP contribution in [0.1, 0.15) is 30.7 Å². The summed E-state index contributed by atoms with van der Waals surface area (Å²) in [5.74, 6) is 1.67. The molecule has 3 heteroatoms. The van der Waals surface area contributed by atoms with Gasteiger partial charge in [0.05, 0.1) is 11.2 Å². The number of nitrogens with one attached hydrogen (secondary N) is 1. The second kappa shape index (κ2) is 7.00. The Labute approximate surface area is 126 Å². The van der Waals surface area contributed by atoms with Crippen LogP contribution in [0.4, 0.5) is 0 Å². The van der Waals surface area contributed by atoms with Gasteiger partial charge < -0.3 is 9.73 Å². The third kappa shape index (κ3) is 4.15. The van der Waals surface area contributed by atoms with Crippen LogP contribution in [0.2, 0.25) is 0 Å². The van der Waals surface area contributed by atoms with Crippen molar-refractivity contribution in [2.75, 3.05) is 6.54 Å². The van der Waals surface area contributed by atoms with E-state index in [-0.39, 0.29) is 0 Å². The van der Waals surface area contributed by atoms with E-state index in [9.17, 15) is 0 Å². The average molecular weight is 289 g/mol. The monoisotopic (exact) mass is 289 g/mol. The molecule has 0 amide bonds. The minimum absolute atomic E-state index is 0.690. The van der Waals surface area contributed by atoms with Gasteiger partial charge in [0, 0.05) is 11.4 Å². The number of hydrogen-bond acceptors (Lipinski definition) is 3. The predicted octanol–water partition coefficient (Wildman–Crippen LogP) is 4.79. The normalized spacial score (nSPS) is 11.2. The third-order valence-corrected chi connectivity index (χ3v) is 4.47. The molecule has 2 rings (SSSR count). The van der Waals surface area contributed by atoms with Crippen molar-refractivity contribution in [2.45, 2.75) is 44.0 Å². The number of benzene rings is 1. The molecule has 2 nitrogen and oxygen atoms in total. The van der Waals surface area contributed by atoms with Crippen molar-refractivity contribution in [3.63, 3.8) is 0 Å². The van der Waals surface area contributed by atoms with E-state index >= 15 is 0 Å². The van der Waals surface area contributed by atoms with E-state index in [2.05, 4.69) is 44.3 Å². The molecule has 0 aliphatic rings. The highest BCUT2D eigenvalue weighted by atomic mass is 32.2. The van der Waals surface area contributed by atoms with Gasteiger partial charge in [0.2, 0.25) is 0 Å². The van der Waals surface area contributed by atoms with Gasteiger partial charge in [0.15, 0.2) is 0 Å². The van der Waals surface area contributed by atoms with Crippen LogP contribution in [-0.2, 0) is 6.54 Å². The minimum Gasteiger partial charge on any atom is -0.468 e. The third-order valence-electron chi connectivity index (χ3n) is 3.15. The van der Waals surface area contributed by atoms with E-state index in [0.717, 1.165) is 18.8 Å². The Balaban J connectivity index is 2.01. The molecular weight excluding hydrogens is 266 g/mol. The molecule has 108 valence electrons. The van der Waals surface area contributed by atoms with Gasteiger partial charge in [-0.3, -0.25) is 0 Å². The second-order valence-corrected chi connectivity index (χ2v) is 6.65. The van der Waals surface area contributed by atoms with Crippen molar-refractivity contribution in [3.05, 3.63) is 47.4 Å². The van der Waals surface area contributed by atoms with E-state index in [1.165, 1.54) is 20.9 Å². The summed E-state index contributed by atoms with van der Waals surface area (Å²) < 4.78 is 5.34. The average Bonchev–Trinajstić information content (AvgIpc) is 2.78. The molecule has 0 radical (unpaired) electrons. The highest BCUT2D eigenvalue weighted by Crippen LogP contribution is 2.33. The lowest BCUT2D eigenvalue weighted by Gasteiger charge is -2.10. The zero-order valence-electron chi connectivity index (χ0n) is 12.7. The van der Waals surface area contributed by atoms with Crippen molar-refractivity contribution >= 4 is 11.8 Å². The summed E-state index contributed by atoms with van der Waals surface area (Å²) in [5.41, 5.74) is 2.66. The Morgan fingerprint density at radius 3 is 2.55 bits per heavy atom. The largest absolute Gasteiger partial charge is 0.468 e. The first-order valence-corrected chi connectivity index (χ1v) is 7.90. The van der Waals surface area contributed by atoms with Crippen LogP contribution in [-0.4, -0.2) is 6.54 Å². The van der Waals surface area contributed by atoms with Gasteiger partial charge in [-0.2, -0.15) is 0 Å². The standard InChI is InChI=1S/C17H23NOS/c1-12(2)10-18-11-15-5-6-16(13(3)9-15)20-17-7-8-19-14(17)4/h5-9,12,18H,10-11H2,1-4H3. The van der Waals surface area contributed by atoms with Gasteiger partial charge in [-0.15, -0.1) is 0 Å². The van der Waals surface area contributed by atoms with Crippen molar-refractivity contribution in [2.24, 2.45) is 5.92 Å². The van der Waals surface area contributed by atoms with Gasteiger partial charge in [-0.1, -0.05) is 37.7 Å². The van der Waals surface area contributed by atoms with Crippen LogP contribution in [0.3, 0.4) is 0 Å². The Bertz CT molecular complexity index is 560. The fourth-order valence-electron chi connectivity index (χ4n) is 2.04. The van der Waals surface area contributed by atoms with E-state index in [4.69, 9.17) is 4.42 Å². The minimum atomic E-state index is 0.690. The van der Waals surface area contributed by atoms with Gasteiger partial charge in [0.1, 0.15) is 5.76 Å². The molecule has 0 fully saturated rings. The molecule has 2 aromatic rings. The van der Waals surface area contributed by atoms with Crippen LogP contribution < -0.4 is 5.32 Å². The lowest BCUT2D eigenvalue weighted by Crippen LogP contribution is -2.18. The van der Waals surface area contributed by atoms with E-state index in [1.54, 1.807) is 18.0 Å². The maximum absolute atomic E-state index is 5.34. The van der Waals surface area contributed by atoms with Crippen LogP contribution in [0.5, 0.6) is 0 Å². The molecule has 0 spiro atoms. The van der Waals surface area contributed by atoms with E-state index in [0.29, 0.717) is 5.92 Å². The molecule has 0 saturated heterocycles. The summed E-state index contributed by atoms with van der Waals surface area (Å²) in [7, 11) is 0. The summed E-state index contributed by atoms with van der Waals surface area (Å²) in [5, 5.41) is 3.48. The van der Waals surface area contributed by atoms with Gasteiger partial charge in [0.25, 0.3) is 0 Å². The molecular formula is C17H23NOS. The molecule has 1 aromatic carbocycles. The molecule has 0 unspecified atom stereocenters. The first-order chi connectivity index (χ1) is 9.56. The quantitative estimate of drug-likeness (QED) is 0.827. The van der Waals surface area contributed by atoms with Crippen LogP contribution in [0.25, 0.3) is 0 Å². The van der Waals surface area contributed by atoms with Gasteiger partial charge in [-0.05, 0) is 49.6 Å². The maximum atomic E-state index is 5.34. The predicted molar refractivity (Wildman–Crippen MR) is 85.3 cm³/mol. The molecule has 0 bridgehead atoms. The fraction of sp³-hybridized carbons (Fsp3) is 0.412. The number of hydrogen-bond donors (Lipinski definition) is 1. The van der Waals surface area contributed by atoms with Crippen molar-refractivity contribution in [1.82, 2.24) is 5.32 Å². The lowest BCUT2D eigenvalue weighted by atomic mass is 10.1. The van der Waals surface area contributed by atoms with E-state index in [1.807, 2.05) is 13.0 Å². The molecule has 0 saturated carbocycles. The van der Waals surface area contributed by atoms with Gasteiger partial charge >= 0.3 is 0 Å². The van der Waals surface area contributed by atoms with Gasteiger partial charge in [-0.25, -0.2) is 0 Å². The topological polar surface area (TPSA) is 25.2 Å². The summed E-state index contributed by atoms with van der Waals surface area (Å²) in [6.07, 6.45) is 1.75. The highest BCUT2D eigenvalue weighted by molar-refractivity contribution is 7.99. The number of furan rings is 1. The molecule has 1 heterocycles. The molecule has 0 aliphatic heterocycles. The fourth-order valence-corrected chi connectivity index (χ4v) is 2.95. The molecule has 0 aliphatic carbocycles. The molecule has 1 N–H and O–H groups in total. The van der Waals surface area contributed by atoms with Crippen LogP contribution in [0.15, 0.2) is 44.7 Å². The SMILES string of the molecule is Cc1cc(CNCC(C)C)ccc1Sc1ccoc1C. The number of rotatable bonds is 6. The summed E-state index contributed by atoms with van der Waals surface area (Å²) >= 11 is 1.77. The highest BCUT2D eigenvalue weighted by Gasteiger charge is 2.07. The van der Waals surface area contributed by atoms with Crippen molar-refractivity contribution < 1.29 is 4.42 Å². The van der Waals surface area contributed by atoms with Crippen LogP contribution in [0, 0.1) is 19.8 Å². The maximum Gasteiger partial charge on any atom is 0.114 e.